The number of rotatable bonds is 4. The van der Waals surface area contributed by atoms with Crippen molar-refractivity contribution >= 4 is 0 Å². The van der Waals surface area contributed by atoms with Gasteiger partial charge in [-0.15, -0.1) is 0 Å². The average molecular weight is 287 g/mol. The van der Waals surface area contributed by atoms with Crippen molar-refractivity contribution in [2.75, 3.05) is 13.1 Å². The van der Waals surface area contributed by atoms with Crippen molar-refractivity contribution in [3.8, 4) is 0 Å². The maximum Gasteiger partial charge on any atom is 0.0295 e. The monoisotopic (exact) mass is 287 g/mol. The van der Waals surface area contributed by atoms with E-state index in [-0.39, 0.29) is 0 Å². The first-order chi connectivity index (χ1) is 10.3. The lowest BCUT2D eigenvalue weighted by molar-refractivity contribution is 0.119. The Morgan fingerprint density at radius 3 is 2.38 bits per heavy atom. The van der Waals surface area contributed by atoms with Crippen molar-refractivity contribution in [2.24, 2.45) is 0 Å². The van der Waals surface area contributed by atoms with Crippen molar-refractivity contribution in [3.63, 3.8) is 0 Å². The molecule has 1 atom stereocenters. The van der Waals surface area contributed by atoms with E-state index in [0.29, 0.717) is 12.1 Å². The van der Waals surface area contributed by atoms with Crippen LogP contribution >= 0.6 is 0 Å². The van der Waals surface area contributed by atoms with Crippen molar-refractivity contribution in [1.82, 2.24) is 15.2 Å². The molecule has 3 heteroatoms. The standard InChI is InChI=1S/C18H29N3/c1-15(16-9-11-19-12-10-16)20-17-5-7-18(8-6-17)21-13-3-2-4-14-21/h9-12,15,17-18,20H,2-8,13-14H2,1H3/t15-,17?,18?/m0/s1. The molecule has 1 aromatic rings. The summed E-state index contributed by atoms with van der Waals surface area (Å²) in [5, 5.41) is 3.81. The lowest BCUT2D eigenvalue weighted by atomic mass is 9.88. The molecule has 1 N–H and O–H groups in total. The van der Waals surface area contributed by atoms with E-state index < -0.39 is 0 Å². The number of pyridine rings is 1. The van der Waals surface area contributed by atoms with Crippen LogP contribution < -0.4 is 5.32 Å². The molecule has 1 saturated heterocycles. The highest BCUT2D eigenvalue weighted by Gasteiger charge is 2.27. The molecule has 0 amide bonds. The van der Waals surface area contributed by atoms with Crippen LogP contribution in [0.15, 0.2) is 24.5 Å². The molecule has 0 radical (unpaired) electrons. The Bertz CT molecular complexity index is 406. The zero-order chi connectivity index (χ0) is 14.5. The third-order valence-electron chi connectivity index (χ3n) is 5.30. The number of piperidine rings is 1. The highest BCUT2D eigenvalue weighted by Crippen LogP contribution is 2.27. The lowest BCUT2D eigenvalue weighted by Crippen LogP contribution is -2.44. The van der Waals surface area contributed by atoms with Gasteiger partial charge in [0.2, 0.25) is 0 Å². The van der Waals surface area contributed by atoms with E-state index in [9.17, 15) is 0 Å². The van der Waals surface area contributed by atoms with Gasteiger partial charge in [-0.1, -0.05) is 6.42 Å². The van der Waals surface area contributed by atoms with E-state index in [1.54, 1.807) is 0 Å². The first-order valence-corrected chi connectivity index (χ1v) is 8.73. The number of hydrogen-bond acceptors (Lipinski definition) is 3. The molecule has 1 saturated carbocycles. The SMILES string of the molecule is C[C@H](NC1CCC(N2CCCCC2)CC1)c1ccncc1. The molecule has 3 rings (SSSR count). The van der Waals surface area contributed by atoms with Crippen LogP contribution in [0.25, 0.3) is 0 Å². The molecule has 1 aromatic heterocycles. The fourth-order valence-electron chi connectivity index (χ4n) is 3.99. The molecule has 116 valence electrons. The quantitative estimate of drug-likeness (QED) is 0.918. The molecular weight excluding hydrogens is 258 g/mol. The van der Waals surface area contributed by atoms with Crippen molar-refractivity contribution in [3.05, 3.63) is 30.1 Å². The molecule has 3 nitrogen and oxygen atoms in total. The van der Waals surface area contributed by atoms with Gasteiger partial charge in [-0.2, -0.15) is 0 Å². The fraction of sp³-hybridized carbons (Fsp3) is 0.722. The summed E-state index contributed by atoms with van der Waals surface area (Å²) in [6.07, 6.45) is 13.5. The molecule has 0 aromatic carbocycles. The van der Waals surface area contributed by atoms with Gasteiger partial charge in [-0.25, -0.2) is 0 Å². The largest absolute Gasteiger partial charge is 0.307 e. The summed E-state index contributed by atoms with van der Waals surface area (Å²) < 4.78 is 0. The summed E-state index contributed by atoms with van der Waals surface area (Å²) in [7, 11) is 0. The first-order valence-electron chi connectivity index (χ1n) is 8.73. The van der Waals surface area contributed by atoms with E-state index in [2.05, 4.69) is 34.3 Å². The molecular formula is C18H29N3. The van der Waals surface area contributed by atoms with E-state index in [1.807, 2.05) is 12.4 Å². The molecule has 0 bridgehead atoms. The van der Waals surface area contributed by atoms with E-state index in [4.69, 9.17) is 0 Å². The van der Waals surface area contributed by atoms with Crippen molar-refractivity contribution in [1.29, 1.82) is 0 Å². The average Bonchev–Trinajstić information content (AvgIpc) is 2.57. The molecule has 2 aliphatic rings. The zero-order valence-electron chi connectivity index (χ0n) is 13.3. The second kappa shape index (κ2) is 7.37. The van der Waals surface area contributed by atoms with Gasteiger partial charge in [0, 0.05) is 30.5 Å². The lowest BCUT2D eigenvalue weighted by Gasteiger charge is -2.39. The summed E-state index contributed by atoms with van der Waals surface area (Å²) in [5.41, 5.74) is 1.35. The summed E-state index contributed by atoms with van der Waals surface area (Å²) >= 11 is 0. The summed E-state index contributed by atoms with van der Waals surface area (Å²) in [4.78, 5) is 6.86. The highest BCUT2D eigenvalue weighted by molar-refractivity contribution is 5.14. The smallest absolute Gasteiger partial charge is 0.0295 e. The molecule has 2 fully saturated rings. The number of nitrogens with one attached hydrogen (secondary N) is 1. The van der Waals surface area contributed by atoms with E-state index in [0.717, 1.165) is 6.04 Å². The fourth-order valence-corrected chi connectivity index (χ4v) is 3.99. The highest BCUT2D eigenvalue weighted by atomic mass is 15.2. The Morgan fingerprint density at radius 1 is 1.05 bits per heavy atom. The zero-order valence-corrected chi connectivity index (χ0v) is 13.3. The third-order valence-corrected chi connectivity index (χ3v) is 5.30. The Morgan fingerprint density at radius 2 is 1.71 bits per heavy atom. The maximum absolute atomic E-state index is 4.10. The number of nitrogens with zero attached hydrogens (tertiary/aromatic N) is 2. The van der Waals surface area contributed by atoms with Crippen LogP contribution in [0.5, 0.6) is 0 Å². The van der Waals surface area contributed by atoms with Crippen LogP contribution in [0.3, 0.4) is 0 Å². The van der Waals surface area contributed by atoms with Crippen LogP contribution in [0.1, 0.15) is 63.5 Å². The second-order valence-corrected chi connectivity index (χ2v) is 6.77. The van der Waals surface area contributed by atoms with E-state index in [1.165, 1.54) is 63.6 Å². The van der Waals surface area contributed by atoms with Gasteiger partial charge in [0.1, 0.15) is 0 Å². The summed E-state index contributed by atoms with van der Waals surface area (Å²) in [6.45, 7) is 4.96. The molecule has 0 spiro atoms. The van der Waals surface area contributed by atoms with Gasteiger partial charge in [0.05, 0.1) is 0 Å². The minimum Gasteiger partial charge on any atom is -0.307 e. The predicted molar refractivity (Wildman–Crippen MR) is 87.3 cm³/mol. The first kappa shape index (κ1) is 15.0. The molecule has 2 heterocycles. The van der Waals surface area contributed by atoms with Crippen LogP contribution in [-0.4, -0.2) is 35.1 Å². The van der Waals surface area contributed by atoms with Crippen LogP contribution in [0.4, 0.5) is 0 Å². The summed E-state index contributed by atoms with van der Waals surface area (Å²) in [5.74, 6) is 0. The van der Waals surface area contributed by atoms with Crippen LogP contribution in [-0.2, 0) is 0 Å². The minimum atomic E-state index is 0.435. The maximum atomic E-state index is 4.10. The van der Waals surface area contributed by atoms with Gasteiger partial charge in [-0.3, -0.25) is 4.98 Å². The van der Waals surface area contributed by atoms with Gasteiger partial charge >= 0.3 is 0 Å². The van der Waals surface area contributed by atoms with Gasteiger partial charge in [0.15, 0.2) is 0 Å². The second-order valence-electron chi connectivity index (χ2n) is 6.77. The van der Waals surface area contributed by atoms with Crippen LogP contribution in [0, 0.1) is 0 Å². The van der Waals surface area contributed by atoms with Crippen LogP contribution in [0.2, 0.25) is 0 Å². The minimum absolute atomic E-state index is 0.435. The Labute approximate surface area is 129 Å². The molecule has 0 unspecified atom stereocenters. The Kier molecular flexibility index (Phi) is 5.26. The number of aromatic nitrogens is 1. The number of hydrogen-bond donors (Lipinski definition) is 1. The Balaban J connectivity index is 1.45. The van der Waals surface area contributed by atoms with Gasteiger partial charge < -0.3 is 10.2 Å². The van der Waals surface area contributed by atoms with Crippen molar-refractivity contribution in [2.45, 2.75) is 70.0 Å². The normalized spacial score (nSPS) is 29.2. The van der Waals surface area contributed by atoms with E-state index >= 15 is 0 Å². The van der Waals surface area contributed by atoms with Crippen molar-refractivity contribution < 1.29 is 0 Å². The summed E-state index contributed by atoms with van der Waals surface area (Å²) in [6, 6.07) is 6.23. The predicted octanol–water partition coefficient (Wildman–Crippen LogP) is 3.53. The topological polar surface area (TPSA) is 28.2 Å². The molecule has 1 aliphatic heterocycles. The van der Waals surface area contributed by atoms with Gasteiger partial charge in [0.25, 0.3) is 0 Å². The number of likely N-dealkylation sites (tertiary alicyclic amines) is 1. The molecule has 1 aliphatic carbocycles. The third kappa shape index (κ3) is 4.04. The van der Waals surface area contributed by atoms with Gasteiger partial charge in [-0.05, 0) is 76.2 Å². The Hall–Kier alpha value is -0.930. The molecule has 21 heavy (non-hydrogen) atoms.